The lowest BCUT2D eigenvalue weighted by Gasteiger charge is -2.08. The molecule has 1 unspecified atom stereocenters. The van der Waals surface area contributed by atoms with Gasteiger partial charge in [0.1, 0.15) is 5.82 Å². The van der Waals surface area contributed by atoms with Crippen LogP contribution >= 0.6 is 0 Å². The Kier molecular flexibility index (Phi) is 11.3. The van der Waals surface area contributed by atoms with E-state index >= 15 is 0 Å². The lowest BCUT2D eigenvalue weighted by Crippen LogP contribution is -1.99. The maximum Gasteiger partial charge on any atom is 0.159 e. The Balaban J connectivity index is 1.46. The fraction of sp³-hybridized carbons (Fsp3) is 0.667. The highest BCUT2D eigenvalue weighted by Gasteiger charge is 2.25. The van der Waals surface area contributed by atoms with Gasteiger partial charge in [0.15, 0.2) is 5.82 Å². The molecular formula is C30H45FN2. The van der Waals surface area contributed by atoms with Gasteiger partial charge in [-0.3, -0.25) is 0 Å². The maximum atomic E-state index is 14.9. The zero-order valence-electron chi connectivity index (χ0n) is 21.2. The third-order valence-corrected chi connectivity index (χ3v) is 7.29. The first-order valence-corrected chi connectivity index (χ1v) is 13.8. The quantitative estimate of drug-likeness (QED) is 0.237. The number of hydrogen-bond acceptors (Lipinski definition) is 2. The van der Waals surface area contributed by atoms with E-state index in [9.17, 15) is 4.39 Å². The number of aromatic nitrogens is 2. The third-order valence-electron chi connectivity index (χ3n) is 7.29. The molecular weight excluding hydrogens is 407 g/mol. The molecule has 182 valence electrons. The van der Waals surface area contributed by atoms with Crippen LogP contribution in [0.2, 0.25) is 0 Å². The van der Waals surface area contributed by atoms with Gasteiger partial charge in [-0.1, -0.05) is 90.9 Å². The normalized spacial score (nSPS) is 15.2. The molecule has 0 spiro atoms. The zero-order valence-corrected chi connectivity index (χ0v) is 21.2. The zero-order chi connectivity index (χ0) is 23.3. The molecule has 0 radical (unpaired) electrons. The Bertz CT molecular complexity index is 815. The van der Waals surface area contributed by atoms with E-state index in [-0.39, 0.29) is 5.82 Å². The van der Waals surface area contributed by atoms with Crippen LogP contribution < -0.4 is 0 Å². The van der Waals surface area contributed by atoms with E-state index in [4.69, 9.17) is 0 Å². The van der Waals surface area contributed by atoms with Gasteiger partial charge in [-0.05, 0) is 66.8 Å². The first-order chi connectivity index (χ1) is 16.2. The lowest BCUT2D eigenvalue weighted by atomic mass is 9.97. The Morgan fingerprint density at radius 2 is 1.36 bits per heavy atom. The van der Waals surface area contributed by atoms with Crippen molar-refractivity contribution in [2.45, 2.75) is 123 Å². The molecule has 0 fully saturated rings. The van der Waals surface area contributed by atoms with Gasteiger partial charge in [0.05, 0.1) is 0 Å². The van der Waals surface area contributed by atoms with Gasteiger partial charge in [-0.2, -0.15) is 0 Å². The highest BCUT2D eigenvalue weighted by molar-refractivity contribution is 5.58. The van der Waals surface area contributed by atoms with E-state index in [0.717, 1.165) is 30.4 Å². The molecule has 0 N–H and O–H groups in total. The smallest absolute Gasteiger partial charge is 0.159 e. The van der Waals surface area contributed by atoms with E-state index in [0.29, 0.717) is 11.7 Å². The second kappa shape index (κ2) is 14.5. The summed E-state index contributed by atoms with van der Waals surface area (Å²) >= 11 is 0. The average molecular weight is 453 g/mol. The first kappa shape index (κ1) is 25.8. The molecule has 0 aliphatic heterocycles. The molecule has 33 heavy (non-hydrogen) atoms. The van der Waals surface area contributed by atoms with Crippen molar-refractivity contribution in [1.29, 1.82) is 0 Å². The second-order valence-electron chi connectivity index (χ2n) is 10.2. The summed E-state index contributed by atoms with van der Waals surface area (Å²) in [4.78, 5) is 9.16. The number of nitrogens with zero attached hydrogens (tertiary/aromatic N) is 2. The van der Waals surface area contributed by atoms with Crippen LogP contribution in [0.1, 0.15) is 120 Å². The highest BCUT2D eigenvalue weighted by Crippen LogP contribution is 2.34. The summed E-state index contributed by atoms with van der Waals surface area (Å²) in [5.74, 6) is 1.18. The van der Waals surface area contributed by atoms with Gasteiger partial charge in [0.25, 0.3) is 0 Å². The Morgan fingerprint density at radius 1 is 0.758 bits per heavy atom. The van der Waals surface area contributed by atoms with Crippen LogP contribution in [-0.2, 0) is 19.3 Å². The summed E-state index contributed by atoms with van der Waals surface area (Å²) in [5, 5.41) is 0. The molecule has 1 atom stereocenters. The van der Waals surface area contributed by atoms with Gasteiger partial charge in [0.2, 0.25) is 0 Å². The predicted molar refractivity (Wildman–Crippen MR) is 138 cm³/mol. The molecule has 2 aromatic rings. The van der Waals surface area contributed by atoms with E-state index < -0.39 is 0 Å². The van der Waals surface area contributed by atoms with Gasteiger partial charge in [-0.25, -0.2) is 14.4 Å². The van der Waals surface area contributed by atoms with Crippen LogP contribution in [-0.4, -0.2) is 9.97 Å². The van der Waals surface area contributed by atoms with E-state index in [1.165, 1.54) is 101 Å². The summed E-state index contributed by atoms with van der Waals surface area (Å²) < 4.78 is 14.9. The second-order valence-corrected chi connectivity index (χ2v) is 10.2. The van der Waals surface area contributed by atoms with Crippen LogP contribution in [0.3, 0.4) is 0 Å². The molecule has 2 nitrogen and oxygen atoms in total. The Labute approximate surface area is 201 Å². The summed E-state index contributed by atoms with van der Waals surface area (Å²) in [6, 6.07) is 3.79. The first-order valence-electron chi connectivity index (χ1n) is 13.8. The number of halogens is 1. The number of aryl methyl sites for hydroxylation is 1. The summed E-state index contributed by atoms with van der Waals surface area (Å²) in [5.41, 5.74) is 4.13. The molecule has 1 heterocycles. The fourth-order valence-corrected chi connectivity index (χ4v) is 5.24. The predicted octanol–water partition coefficient (Wildman–Crippen LogP) is 9.04. The molecule has 1 aromatic carbocycles. The van der Waals surface area contributed by atoms with Crippen LogP contribution in [0.5, 0.6) is 0 Å². The molecule has 0 bridgehead atoms. The third kappa shape index (κ3) is 8.50. The topological polar surface area (TPSA) is 25.8 Å². The van der Waals surface area contributed by atoms with Gasteiger partial charge < -0.3 is 0 Å². The summed E-state index contributed by atoms with van der Waals surface area (Å²) in [7, 11) is 0. The van der Waals surface area contributed by atoms with E-state index in [1.807, 2.05) is 12.4 Å². The molecule has 1 aliphatic carbocycles. The number of unbranched alkanes of at least 4 members (excludes halogenated alkanes) is 11. The molecule has 0 saturated heterocycles. The van der Waals surface area contributed by atoms with Crippen LogP contribution in [0.15, 0.2) is 24.5 Å². The fourth-order valence-electron chi connectivity index (χ4n) is 5.24. The molecule has 1 aliphatic rings. The SMILES string of the molecule is CCCCCCCCCc1cnc(-c2cc(F)c3c(c2)CC(CCCCCCCC)C3)nc1. The van der Waals surface area contributed by atoms with Crippen molar-refractivity contribution in [3.05, 3.63) is 47.0 Å². The average Bonchev–Trinajstić information content (AvgIpc) is 3.25. The highest BCUT2D eigenvalue weighted by atomic mass is 19.1. The number of fused-ring (bicyclic) bond motifs is 1. The minimum Gasteiger partial charge on any atom is -0.236 e. The van der Waals surface area contributed by atoms with E-state index in [2.05, 4.69) is 29.9 Å². The maximum absolute atomic E-state index is 14.9. The van der Waals surface area contributed by atoms with Crippen molar-refractivity contribution in [1.82, 2.24) is 9.97 Å². The molecule has 0 amide bonds. The number of rotatable bonds is 16. The number of hydrogen-bond donors (Lipinski definition) is 0. The molecule has 1 aromatic heterocycles. The van der Waals surface area contributed by atoms with Crippen molar-refractivity contribution < 1.29 is 4.39 Å². The van der Waals surface area contributed by atoms with Gasteiger partial charge in [-0.15, -0.1) is 0 Å². The van der Waals surface area contributed by atoms with Crippen LogP contribution in [0.4, 0.5) is 4.39 Å². The summed E-state index contributed by atoms with van der Waals surface area (Å²) in [6.07, 6.45) is 25.2. The van der Waals surface area contributed by atoms with Crippen molar-refractivity contribution in [2.24, 2.45) is 5.92 Å². The lowest BCUT2D eigenvalue weighted by molar-refractivity contribution is 0.466. The van der Waals surface area contributed by atoms with Crippen molar-refractivity contribution in [3.8, 4) is 11.4 Å². The molecule has 0 saturated carbocycles. The number of benzene rings is 1. The van der Waals surface area contributed by atoms with E-state index in [1.54, 1.807) is 6.07 Å². The molecule has 3 heteroatoms. The van der Waals surface area contributed by atoms with Crippen LogP contribution in [0, 0.1) is 11.7 Å². The monoisotopic (exact) mass is 452 g/mol. The minimum absolute atomic E-state index is 0.0660. The van der Waals surface area contributed by atoms with Crippen molar-refractivity contribution in [3.63, 3.8) is 0 Å². The van der Waals surface area contributed by atoms with Crippen molar-refractivity contribution in [2.75, 3.05) is 0 Å². The molecule has 3 rings (SSSR count). The van der Waals surface area contributed by atoms with Gasteiger partial charge in [0, 0.05) is 18.0 Å². The standard InChI is InChI=1S/C30H45FN2/c1-3-5-7-9-11-13-15-17-25-22-32-30(33-23-25)27-20-26-18-24(19-28(26)29(31)21-27)16-14-12-10-8-6-4-2/h20-24H,3-19H2,1-2H3. The van der Waals surface area contributed by atoms with Gasteiger partial charge >= 0.3 is 0 Å². The Morgan fingerprint density at radius 3 is 2.03 bits per heavy atom. The summed E-state index contributed by atoms with van der Waals surface area (Å²) in [6.45, 7) is 4.52. The van der Waals surface area contributed by atoms with Crippen molar-refractivity contribution >= 4 is 0 Å². The largest absolute Gasteiger partial charge is 0.236 e. The van der Waals surface area contributed by atoms with Crippen LogP contribution in [0.25, 0.3) is 11.4 Å². The Hall–Kier alpha value is -1.77. The minimum atomic E-state index is -0.0660.